The van der Waals surface area contributed by atoms with Crippen molar-refractivity contribution in [2.24, 2.45) is 17.4 Å². The van der Waals surface area contributed by atoms with Gasteiger partial charge in [0, 0.05) is 5.56 Å². The van der Waals surface area contributed by atoms with Crippen molar-refractivity contribution in [1.29, 1.82) is 0 Å². The van der Waals surface area contributed by atoms with E-state index < -0.39 is 5.91 Å². The van der Waals surface area contributed by atoms with Crippen LogP contribution in [0.3, 0.4) is 0 Å². The van der Waals surface area contributed by atoms with Crippen molar-refractivity contribution in [3.63, 3.8) is 0 Å². The van der Waals surface area contributed by atoms with Gasteiger partial charge in [-0.15, -0.1) is 0 Å². The SMILES string of the molecule is NCC1CCN([C@@H]2Cc3ccccc3[C@H]2Oc2ccc(C(N)=O)cc2)CC1. The Hall–Kier alpha value is -2.37. The molecule has 0 saturated carbocycles. The molecule has 0 spiro atoms. The number of hydrogen-bond acceptors (Lipinski definition) is 4. The van der Waals surface area contributed by atoms with E-state index in [4.69, 9.17) is 16.2 Å². The lowest BCUT2D eigenvalue weighted by atomic mass is 9.95. The van der Waals surface area contributed by atoms with E-state index in [1.165, 1.54) is 11.1 Å². The van der Waals surface area contributed by atoms with Gasteiger partial charge in [-0.3, -0.25) is 9.69 Å². The first-order valence-corrected chi connectivity index (χ1v) is 9.74. The number of likely N-dealkylation sites (tertiary alicyclic amines) is 1. The molecule has 2 aromatic rings. The second-order valence-electron chi connectivity index (χ2n) is 7.61. The molecule has 4 rings (SSSR count). The van der Waals surface area contributed by atoms with E-state index in [9.17, 15) is 4.79 Å². The standard InChI is InChI=1S/C22H27N3O2/c23-14-15-9-11-25(12-10-15)20-13-17-3-1-2-4-19(17)21(20)27-18-7-5-16(6-8-18)22(24)26/h1-8,15,20-21H,9-14,23H2,(H2,24,26)/t20-,21-/m1/s1. The van der Waals surface area contributed by atoms with Crippen molar-refractivity contribution in [3.8, 4) is 5.75 Å². The Balaban J connectivity index is 1.55. The van der Waals surface area contributed by atoms with Crippen LogP contribution in [0.4, 0.5) is 0 Å². The van der Waals surface area contributed by atoms with Crippen molar-refractivity contribution in [1.82, 2.24) is 4.90 Å². The Bertz CT molecular complexity index is 797. The molecule has 5 nitrogen and oxygen atoms in total. The molecule has 0 aromatic heterocycles. The summed E-state index contributed by atoms with van der Waals surface area (Å²) in [7, 11) is 0. The van der Waals surface area contributed by atoms with Gasteiger partial charge in [0.05, 0.1) is 6.04 Å². The maximum absolute atomic E-state index is 11.3. The molecule has 2 aromatic carbocycles. The van der Waals surface area contributed by atoms with Gasteiger partial charge < -0.3 is 16.2 Å². The van der Waals surface area contributed by atoms with Crippen LogP contribution < -0.4 is 16.2 Å². The molecule has 4 N–H and O–H groups in total. The van der Waals surface area contributed by atoms with Gasteiger partial charge >= 0.3 is 0 Å². The predicted octanol–water partition coefficient (Wildman–Crippen LogP) is 2.50. The average Bonchev–Trinajstić information content (AvgIpc) is 3.07. The maximum atomic E-state index is 11.3. The van der Waals surface area contributed by atoms with Gasteiger partial charge in [-0.25, -0.2) is 0 Å². The number of piperidine rings is 1. The van der Waals surface area contributed by atoms with Gasteiger partial charge in [-0.1, -0.05) is 24.3 Å². The van der Waals surface area contributed by atoms with Crippen LogP contribution >= 0.6 is 0 Å². The van der Waals surface area contributed by atoms with Crippen LogP contribution in [0.1, 0.15) is 40.4 Å². The summed E-state index contributed by atoms with van der Waals surface area (Å²) in [5.74, 6) is 0.989. The molecule has 1 saturated heterocycles. The second-order valence-corrected chi connectivity index (χ2v) is 7.61. The molecular weight excluding hydrogens is 338 g/mol. The van der Waals surface area contributed by atoms with Crippen LogP contribution in [-0.4, -0.2) is 36.5 Å². The van der Waals surface area contributed by atoms with E-state index in [0.717, 1.165) is 44.6 Å². The fourth-order valence-corrected chi connectivity index (χ4v) is 4.36. The van der Waals surface area contributed by atoms with Crippen molar-refractivity contribution in [2.75, 3.05) is 19.6 Å². The molecule has 2 aliphatic rings. The maximum Gasteiger partial charge on any atom is 0.248 e. The van der Waals surface area contributed by atoms with Gasteiger partial charge in [-0.05, 0) is 80.2 Å². The summed E-state index contributed by atoms with van der Waals surface area (Å²) in [6.45, 7) is 2.92. The topological polar surface area (TPSA) is 81.6 Å². The third-order valence-corrected chi connectivity index (χ3v) is 5.99. The van der Waals surface area contributed by atoms with Crippen molar-refractivity contribution in [3.05, 3.63) is 65.2 Å². The second kappa shape index (κ2) is 7.71. The Kier molecular flexibility index (Phi) is 5.14. The lowest BCUT2D eigenvalue weighted by Gasteiger charge is -2.38. The summed E-state index contributed by atoms with van der Waals surface area (Å²) in [5.41, 5.74) is 14.3. The molecule has 27 heavy (non-hydrogen) atoms. The van der Waals surface area contributed by atoms with Crippen LogP contribution in [0.2, 0.25) is 0 Å². The highest BCUT2D eigenvalue weighted by Gasteiger charge is 2.39. The van der Waals surface area contributed by atoms with Gasteiger partial charge in [0.1, 0.15) is 11.9 Å². The number of primary amides is 1. The quantitative estimate of drug-likeness (QED) is 0.853. The molecule has 1 amide bonds. The Morgan fingerprint density at radius 1 is 1.07 bits per heavy atom. The van der Waals surface area contributed by atoms with E-state index in [1.54, 1.807) is 12.1 Å². The fraction of sp³-hybridized carbons (Fsp3) is 0.409. The summed E-state index contributed by atoms with van der Waals surface area (Å²) in [6.07, 6.45) is 3.32. The van der Waals surface area contributed by atoms with E-state index >= 15 is 0 Å². The minimum atomic E-state index is -0.423. The van der Waals surface area contributed by atoms with E-state index in [0.29, 0.717) is 17.5 Å². The fourth-order valence-electron chi connectivity index (χ4n) is 4.36. The number of rotatable bonds is 5. The number of carbonyl (C=O) groups excluding carboxylic acids is 1. The van der Waals surface area contributed by atoms with Gasteiger partial charge in [0.25, 0.3) is 0 Å². The van der Waals surface area contributed by atoms with Crippen LogP contribution in [0.5, 0.6) is 5.75 Å². The zero-order chi connectivity index (χ0) is 18.8. The Morgan fingerprint density at radius 3 is 2.44 bits per heavy atom. The molecule has 1 fully saturated rings. The summed E-state index contributed by atoms with van der Waals surface area (Å²) in [5, 5.41) is 0. The van der Waals surface area contributed by atoms with E-state index in [-0.39, 0.29) is 6.10 Å². The summed E-state index contributed by atoms with van der Waals surface area (Å²) in [4.78, 5) is 13.9. The van der Waals surface area contributed by atoms with Gasteiger partial charge in [-0.2, -0.15) is 0 Å². The van der Waals surface area contributed by atoms with Crippen molar-refractivity contribution >= 4 is 5.91 Å². The highest BCUT2D eigenvalue weighted by molar-refractivity contribution is 5.92. The number of nitrogens with zero attached hydrogens (tertiary/aromatic N) is 1. The third-order valence-electron chi connectivity index (χ3n) is 5.99. The minimum Gasteiger partial charge on any atom is -0.484 e. The summed E-state index contributed by atoms with van der Waals surface area (Å²) in [6, 6.07) is 16.0. The number of nitrogens with two attached hydrogens (primary N) is 2. The zero-order valence-electron chi connectivity index (χ0n) is 15.5. The summed E-state index contributed by atoms with van der Waals surface area (Å²) >= 11 is 0. The van der Waals surface area contributed by atoms with Crippen LogP contribution in [-0.2, 0) is 6.42 Å². The minimum absolute atomic E-state index is 0.00458. The van der Waals surface area contributed by atoms with Gasteiger partial charge in [0.2, 0.25) is 5.91 Å². The molecule has 142 valence electrons. The largest absolute Gasteiger partial charge is 0.484 e. The first-order chi connectivity index (χ1) is 13.2. The third kappa shape index (κ3) is 3.70. The first-order valence-electron chi connectivity index (χ1n) is 9.74. The highest BCUT2D eigenvalue weighted by Crippen LogP contribution is 2.39. The van der Waals surface area contributed by atoms with Crippen molar-refractivity contribution < 1.29 is 9.53 Å². The Morgan fingerprint density at radius 2 is 1.78 bits per heavy atom. The zero-order valence-corrected chi connectivity index (χ0v) is 15.5. The lowest BCUT2D eigenvalue weighted by molar-refractivity contribution is 0.0538. The molecule has 0 unspecified atom stereocenters. The molecule has 0 radical (unpaired) electrons. The van der Waals surface area contributed by atoms with Gasteiger partial charge in [0.15, 0.2) is 0 Å². The highest BCUT2D eigenvalue weighted by atomic mass is 16.5. The smallest absolute Gasteiger partial charge is 0.248 e. The lowest BCUT2D eigenvalue weighted by Crippen LogP contribution is -2.45. The van der Waals surface area contributed by atoms with E-state index in [1.807, 2.05) is 12.1 Å². The number of fused-ring (bicyclic) bond motifs is 1. The van der Waals surface area contributed by atoms with E-state index in [2.05, 4.69) is 29.2 Å². The normalized spacial score (nSPS) is 23.1. The number of hydrogen-bond donors (Lipinski definition) is 2. The van der Waals surface area contributed by atoms with Crippen LogP contribution in [0, 0.1) is 5.92 Å². The molecule has 1 aliphatic heterocycles. The number of benzene rings is 2. The van der Waals surface area contributed by atoms with Crippen molar-refractivity contribution in [2.45, 2.75) is 31.4 Å². The summed E-state index contributed by atoms with van der Waals surface area (Å²) < 4.78 is 6.44. The molecule has 5 heteroatoms. The molecule has 1 aliphatic carbocycles. The molecule has 1 heterocycles. The molecule has 0 bridgehead atoms. The predicted molar refractivity (Wildman–Crippen MR) is 106 cm³/mol. The first kappa shape index (κ1) is 18.0. The van der Waals surface area contributed by atoms with Crippen LogP contribution in [0.15, 0.2) is 48.5 Å². The average molecular weight is 365 g/mol. The number of carbonyl (C=O) groups is 1. The number of amides is 1. The monoisotopic (exact) mass is 365 g/mol. The molecular formula is C22H27N3O2. The Labute approximate surface area is 160 Å². The number of ether oxygens (including phenoxy) is 1. The molecule has 2 atom stereocenters. The van der Waals surface area contributed by atoms with Crippen LogP contribution in [0.25, 0.3) is 0 Å².